The summed E-state index contributed by atoms with van der Waals surface area (Å²) < 4.78 is 53.5. The quantitative estimate of drug-likeness (QED) is 0.660. The zero-order valence-corrected chi connectivity index (χ0v) is 14.2. The van der Waals surface area contributed by atoms with Crippen LogP contribution in [0.25, 0.3) is 0 Å². The molecule has 134 valence electrons. The molecule has 0 aromatic heterocycles. The third kappa shape index (κ3) is 4.94. The minimum Gasteiger partial charge on any atom is -0.478 e. The highest BCUT2D eigenvalue weighted by molar-refractivity contribution is 7.89. The van der Waals surface area contributed by atoms with Crippen LogP contribution in [-0.4, -0.2) is 26.0 Å². The summed E-state index contributed by atoms with van der Waals surface area (Å²) >= 11 is 0. The van der Waals surface area contributed by atoms with Crippen molar-refractivity contribution in [2.45, 2.75) is 24.6 Å². The lowest BCUT2D eigenvalue weighted by Gasteiger charge is -2.17. The van der Waals surface area contributed by atoms with Gasteiger partial charge in [0.1, 0.15) is 10.6 Å². The molecule has 7 nitrogen and oxygen atoms in total. The molecule has 2 aromatic rings. The Hall–Kier alpha value is -2.58. The molecule has 0 amide bonds. The maximum atomic E-state index is 12.1. The highest BCUT2D eigenvalue weighted by Crippen LogP contribution is 2.37. The first kappa shape index (κ1) is 14.7. The van der Waals surface area contributed by atoms with Crippen molar-refractivity contribution in [3.05, 3.63) is 48.0 Å². The number of carbonyl (C=O) groups is 1. The first-order chi connectivity index (χ1) is 13.0. The van der Waals surface area contributed by atoms with Gasteiger partial charge in [0.2, 0.25) is 10.0 Å². The SMILES string of the molecule is [2H]C(Nc1cc(C(=O)O)cc(S(N)(=O)=O)c1Oc1ccccc1)C([2H])([2H])CC. The lowest BCUT2D eigenvalue weighted by atomic mass is 10.1. The number of benzene rings is 2. The zero-order chi connectivity index (χ0) is 21.1. The Morgan fingerprint density at radius 2 is 2.00 bits per heavy atom. The third-order valence-corrected chi connectivity index (χ3v) is 4.02. The van der Waals surface area contributed by atoms with E-state index in [4.69, 9.17) is 14.0 Å². The number of para-hydroxylation sites is 1. The summed E-state index contributed by atoms with van der Waals surface area (Å²) in [5.74, 6) is -1.49. The van der Waals surface area contributed by atoms with Crippen LogP contribution in [0.1, 0.15) is 34.2 Å². The molecule has 0 aliphatic heterocycles. The second kappa shape index (κ2) is 8.00. The fourth-order valence-corrected chi connectivity index (χ4v) is 2.69. The molecule has 0 bridgehead atoms. The highest BCUT2D eigenvalue weighted by atomic mass is 32.2. The average molecular weight is 367 g/mol. The van der Waals surface area contributed by atoms with Crippen molar-refractivity contribution in [2.24, 2.45) is 5.14 Å². The van der Waals surface area contributed by atoms with Gasteiger partial charge >= 0.3 is 5.97 Å². The third-order valence-electron chi connectivity index (χ3n) is 3.11. The van der Waals surface area contributed by atoms with Gasteiger partial charge < -0.3 is 15.2 Å². The number of sulfonamides is 1. The number of carboxylic acids is 1. The van der Waals surface area contributed by atoms with Gasteiger partial charge in [-0.1, -0.05) is 31.5 Å². The molecule has 2 rings (SSSR count). The number of anilines is 1. The first-order valence-corrected chi connectivity index (χ1v) is 8.86. The van der Waals surface area contributed by atoms with Gasteiger partial charge in [-0.2, -0.15) is 0 Å². The van der Waals surface area contributed by atoms with Crippen LogP contribution in [-0.2, 0) is 10.0 Å². The summed E-state index contributed by atoms with van der Waals surface area (Å²) in [5.41, 5.74) is -0.582. The van der Waals surface area contributed by atoms with Crippen LogP contribution in [0.2, 0.25) is 0 Å². The van der Waals surface area contributed by atoms with Crippen molar-refractivity contribution in [1.29, 1.82) is 0 Å². The van der Waals surface area contributed by atoms with Gasteiger partial charge in [-0.25, -0.2) is 18.4 Å². The van der Waals surface area contributed by atoms with Crippen LogP contribution in [0, 0.1) is 0 Å². The number of carboxylic acid groups (broad SMARTS) is 1. The lowest BCUT2D eigenvalue weighted by molar-refractivity contribution is 0.0696. The Labute approximate surface area is 150 Å². The largest absolute Gasteiger partial charge is 0.478 e. The van der Waals surface area contributed by atoms with E-state index >= 15 is 0 Å². The van der Waals surface area contributed by atoms with Gasteiger partial charge in [0.25, 0.3) is 0 Å². The Bertz CT molecular complexity index is 968. The molecule has 2 aromatic carbocycles. The molecular formula is C17H20N2O5S. The molecule has 0 heterocycles. The van der Waals surface area contributed by atoms with E-state index in [0.717, 1.165) is 12.1 Å². The molecule has 0 aliphatic rings. The van der Waals surface area contributed by atoms with E-state index in [1.54, 1.807) is 37.3 Å². The summed E-state index contributed by atoms with van der Waals surface area (Å²) in [6.07, 6.45) is -1.96. The van der Waals surface area contributed by atoms with Crippen LogP contribution in [0.5, 0.6) is 11.5 Å². The van der Waals surface area contributed by atoms with Crippen LogP contribution in [0.15, 0.2) is 47.4 Å². The fourth-order valence-electron chi connectivity index (χ4n) is 1.99. The van der Waals surface area contributed by atoms with Crippen LogP contribution < -0.4 is 15.2 Å². The highest BCUT2D eigenvalue weighted by Gasteiger charge is 2.23. The van der Waals surface area contributed by atoms with Crippen molar-refractivity contribution < 1.29 is 27.2 Å². The number of nitrogens with one attached hydrogen (secondary N) is 1. The van der Waals surface area contributed by atoms with Gasteiger partial charge in [0, 0.05) is 10.6 Å². The van der Waals surface area contributed by atoms with E-state index in [-0.39, 0.29) is 23.6 Å². The van der Waals surface area contributed by atoms with Crippen molar-refractivity contribution in [3.63, 3.8) is 0 Å². The Morgan fingerprint density at radius 1 is 1.32 bits per heavy atom. The number of nitrogens with two attached hydrogens (primary N) is 1. The normalized spacial score (nSPS) is 14.7. The molecule has 1 unspecified atom stereocenters. The van der Waals surface area contributed by atoms with Gasteiger partial charge in [-0.15, -0.1) is 0 Å². The Kier molecular flexibility index (Phi) is 4.71. The standard InChI is InChI=1S/C17H20N2O5S/c1-2-3-9-19-14-10-12(17(20)21)11-15(25(18,22)23)16(14)24-13-7-5-4-6-8-13/h4-8,10-11,19H,2-3,9H2,1H3,(H,20,21)(H2,18,22,23)/i3D2,9D. The Morgan fingerprint density at radius 3 is 2.56 bits per heavy atom. The minimum atomic E-state index is -4.39. The van der Waals surface area contributed by atoms with E-state index in [9.17, 15) is 18.3 Å². The van der Waals surface area contributed by atoms with Crippen molar-refractivity contribution in [3.8, 4) is 11.5 Å². The van der Waals surface area contributed by atoms with Gasteiger partial charge in [-0.05, 0) is 30.6 Å². The Balaban J connectivity index is 2.68. The first-order valence-electron chi connectivity index (χ1n) is 8.89. The van der Waals surface area contributed by atoms with Crippen LogP contribution >= 0.6 is 0 Å². The molecule has 0 fully saturated rings. The maximum absolute atomic E-state index is 12.1. The lowest BCUT2D eigenvalue weighted by Crippen LogP contribution is -2.16. The van der Waals surface area contributed by atoms with E-state index in [1.807, 2.05) is 0 Å². The van der Waals surface area contributed by atoms with Gasteiger partial charge in [0.15, 0.2) is 5.75 Å². The summed E-state index contributed by atoms with van der Waals surface area (Å²) in [4.78, 5) is 10.8. The molecule has 0 saturated carbocycles. The van der Waals surface area contributed by atoms with Crippen LogP contribution in [0.3, 0.4) is 0 Å². The molecule has 0 saturated heterocycles. The monoisotopic (exact) mass is 367 g/mol. The summed E-state index contributed by atoms with van der Waals surface area (Å²) in [6, 6.07) is 10.0. The second-order valence-corrected chi connectivity index (χ2v) is 6.49. The van der Waals surface area contributed by atoms with E-state index < -0.39 is 39.3 Å². The number of hydrogen-bond donors (Lipinski definition) is 3. The molecule has 0 aliphatic carbocycles. The number of ether oxygens (including phenoxy) is 1. The van der Waals surface area contributed by atoms with E-state index in [0.29, 0.717) is 0 Å². The fraction of sp³-hybridized carbons (Fsp3) is 0.235. The number of hydrogen-bond acceptors (Lipinski definition) is 5. The van der Waals surface area contributed by atoms with Gasteiger partial charge in [0.05, 0.1) is 11.3 Å². The predicted molar refractivity (Wildman–Crippen MR) is 94.7 cm³/mol. The van der Waals surface area contributed by atoms with E-state index in [1.165, 1.54) is 0 Å². The molecule has 8 heteroatoms. The number of aromatic carboxylic acids is 1. The minimum absolute atomic E-state index is 0.00368. The summed E-state index contributed by atoms with van der Waals surface area (Å²) in [5, 5.41) is 17.1. The average Bonchev–Trinajstić information content (AvgIpc) is 2.62. The second-order valence-electron chi connectivity index (χ2n) is 4.96. The van der Waals surface area contributed by atoms with Crippen molar-refractivity contribution in [1.82, 2.24) is 0 Å². The summed E-state index contributed by atoms with van der Waals surface area (Å²) in [6.45, 7) is 0.0293. The molecule has 4 N–H and O–H groups in total. The molecule has 25 heavy (non-hydrogen) atoms. The van der Waals surface area contributed by atoms with Crippen molar-refractivity contribution in [2.75, 3.05) is 11.8 Å². The maximum Gasteiger partial charge on any atom is 0.335 e. The van der Waals surface area contributed by atoms with Crippen molar-refractivity contribution >= 4 is 21.7 Å². The smallest absolute Gasteiger partial charge is 0.335 e. The molecule has 0 spiro atoms. The zero-order valence-electron chi connectivity index (χ0n) is 16.4. The van der Waals surface area contributed by atoms with Crippen LogP contribution in [0.4, 0.5) is 5.69 Å². The topological polar surface area (TPSA) is 119 Å². The molecule has 0 radical (unpaired) electrons. The number of rotatable bonds is 8. The number of primary sulfonamides is 1. The summed E-state index contributed by atoms with van der Waals surface area (Å²) in [7, 11) is -4.39. The van der Waals surface area contributed by atoms with E-state index in [2.05, 4.69) is 5.32 Å². The molecule has 1 atom stereocenters. The predicted octanol–water partition coefficient (Wildman–Crippen LogP) is 3.04. The van der Waals surface area contributed by atoms with Gasteiger partial charge in [-0.3, -0.25) is 0 Å². The molecular weight excluding hydrogens is 344 g/mol.